The predicted molar refractivity (Wildman–Crippen MR) is 121 cm³/mol. The number of benzene rings is 1. The molecule has 0 unspecified atom stereocenters. The van der Waals surface area contributed by atoms with Crippen molar-refractivity contribution < 1.29 is 9.53 Å². The lowest BCUT2D eigenvalue weighted by Gasteiger charge is -2.30. The molecule has 1 aliphatic rings. The number of amides is 1. The van der Waals surface area contributed by atoms with Gasteiger partial charge in [-0.2, -0.15) is 5.10 Å². The first-order valence-corrected chi connectivity index (χ1v) is 10.7. The van der Waals surface area contributed by atoms with Crippen LogP contribution in [-0.4, -0.2) is 54.3 Å². The zero-order chi connectivity index (χ0) is 21.1. The van der Waals surface area contributed by atoms with Crippen molar-refractivity contribution in [3.8, 4) is 16.3 Å². The molecular formula is C21H26N6O2S. The Bertz CT molecular complexity index is 1020. The van der Waals surface area contributed by atoms with Gasteiger partial charge in [-0.1, -0.05) is 0 Å². The molecule has 3 aromatic rings. The molecule has 0 atom stereocenters. The normalized spacial score (nSPS) is 15.1. The zero-order valence-electron chi connectivity index (χ0n) is 17.1. The van der Waals surface area contributed by atoms with Crippen molar-refractivity contribution in [1.29, 1.82) is 0 Å². The molecule has 5 N–H and O–H groups in total. The molecule has 0 saturated carbocycles. The van der Waals surface area contributed by atoms with E-state index in [4.69, 9.17) is 10.5 Å². The van der Waals surface area contributed by atoms with Gasteiger partial charge in [0.15, 0.2) is 0 Å². The third kappa shape index (κ3) is 4.58. The second-order valence-corrected chi connectivity index (χ2v) is 8.54. The molecular weight excluding hydrogens is 400 g/mol. The van der Waals surface area contributed by atoms with Gasteiger partial charge in [0, 0.05) is 23.9 Å². The van der Waals surface area contributed by atoms with Gasteiger partial charge in [-0.15, -0.1) is 11.3 Å². The van der Waals surface area contributed by atoms with Crippen LogP contribution in [0.15, 0.2) is 36.4 Å². The number of methoxy groups -OCH3 is 1. The number of thiophene rings is 1. The van der Waals surface area contributed by atoms with E-state index in [-0.39, 0.29) is 0 Å². The van der Waals surface area contributed by atoms with Crippen molar-refractivity contribution in [1.82, 2.24) is 15.1 Å². The monoisotopic (exact) mass is 426 g/mol. The minimum absolute atomic E-state index is 0.432. The molecule has 0 aliphatic carbocycles. The first-order valence-electron chi connectivity index (χ1n) is 9.87. The van der Waals surface area contributed by atoms with E-state index in [1.165, 1.54) is 11.3 Å². The van der Waals surface area contributed by atoms with Gasteiger partial charge in [0.2, 0.25) is 0 Å². The Labute approximate surface area is 179 Å². The number of nitrogens with two attached hydrogens (primary N) is 1. The fourth-order valence-corrected chi connectivity index (χ4v) is 4.36. The van der Waals surface area contributed by atoms with Crippen molar-refractivity contribution in [2.75, 3.05) is 37.9 Å². The summed E-state index contributed by atoms with van der Waals surface area (Å²) in [4.78, 5) is 15.0. The van der Waals surface area contributed by atoms with Crippen LogP contribution in [0.5, 0.6) is 5.75 Å². The number of hydrogen-bond donors (Lipinski definition) is 4. The summed E-state index contributed by atoms with van der Waals surface area (Å²) in [5.74, 6) is 1.04. The average Bonchev–Trinajstić information content (AvgIpc) is 3.40. The van der Waals surface area contributed by atoms with E-state index in [2.05, 4.69) is 38.8 Å². The summed E-state index contributed by atoms with van der Waals surface area (Å²) >= 11 is 1.32. The van der Waals surface area contributed by atoms with Crippen molar-refractivity contribution in [3.63, 3.8) is 0 Å². The number of primary amides is 1. The summed E-state index contributed by atoms with van der Waals surface area (Å²) in [5, 5.41) is 14.2. The Hall–Kier alpha value is -3.04. The highest BCUT2D eigenvalue weighted by atomic mass is 32.1. The first kappa shape index (κ1) is 20.2. The van der Waals surface area contributed by atoms with Crippen molar-refractivity contribution in [3.05, 3.63) is 41.3 Å². The van der Waals surface area contributed by atoms with E-state index >= 15 is 0 Å². The number of H-pyrrole nitrogens is 1. The molecule has 1 aromatic carbocycles. The number of carbonyl (C=O) groups excluding carboxylic acids is 1. The molecule has 1 fully saturated rings. The van der Waals surface area contributed by atoms with Gasteiger partial charge in [-0.05, 0) is 57.2 Å². The van der Waals surface area contributed by atoms with Crippen molar-refractivity contribution in [2.45, 2.75) is 18.9 Å². The molecule has 0 radical (unpaired) electrons. The third-order valence-corrected chi connectivity index (χ3v) is 6.36. The lowest BCUT2D eigenvalue weighted by atomic mass is 10.1. The first-order chi connectivity index (χ1) is 14.5. The fourth-order valence-electron chi connectivity index (χ4n) is 3.54. The fraction of sp³-hybridized carbons (Fsp3) is 0.333. The van der Waals surface area contributed by atoms with Gasteiger partial charge < -0.3 is 26.0 Å². The second-order valence-electron chi connectivity index (χ2n) is 7.46. The number of nitrogens with one attached hydrogen (secondary N) is 3. The quantitative estimate of drug-likeness (QED) is 0.461. The minimum Gasteiger partial charge on any atom is -0.494 e. The summed E-state index contributed by atoms with van der Waals surface area (Å²) in [7, 11) is 3.82. The molecule has 1 amide bonds. The van der Waals surface area contributed by atoms with Gasteiger partial charge in [-0.3, -0.25) is 9.89 Å². The summed E-state index contributed by atoms with van der Waals surface area (Å²) < 4.78 is 5.59. The lowest BCUT2D eigenvalue weighted by Crippen LogP contribution is -2.36. The number of anilines is 3. The predicted octanol–water partition coefficient (Wildman–Crippen LogP) is 3.50. The number of piperidine rings is 1. The molecule has 3 heterocycles. The van der Waals surface area contributed by atoms with Crippen LogP contribution in [0.4, 0.5) is 17.2 Å². The summed E-state index contributed by atoms with van der Waals surface area (Å²) in [6, 6.07) is 12.0. The summed E-state index contributed by atoms with van der Waals surface area (Å²) in [5.41, 5.74) is 7.97. The summed E-state index contributed by atoms with van der Waals surface area (Å²) in [6.45, 7) is 2.23. The topological polar surface area (TPSA) is 108 Å². The molecule has 2 aromatic heterocycles. The maximum atomic E-state index is 11.3. The van der Waals surface area contributed by atoms with Gasteiger partial charge >= 0.3 is 0 Å². The van der Waals surface area contributed by atoms with Crippen LogP contribution in [0.3, 0.4) is 0 Å². The Balaban J connectivity index is 1.45. The largest absolute Gasteiger partial charge is 0.494 e. The second kappa shape index (κ2) is 8.76. The standard InChI is InChI=1S/C21H26N6O2S/c1-27-9-7-13(8-10-27)23-14-3-4-15(17(11-14)29-2)24-20-12-16(25-26-20)18-5-6-19(30-18)21(22)28/h3-6,11-13,23H,7-10H2,1-2H3,(H2,22,28)(H2,24,25,26). The van der Waals surface area contributed by atoms with Gasteiger partial charge in [-0.25, -0.2) is 0 Å². The number of rotatable bonds is 7. The van der Waals surface area contributed by atoms with Crippen LogP contribution in [-0.2, 0) is 0 Å². The summed E-state index contributed by atoms with van der Waals surface area (Å²) in [6.07, 6.45) is 2.27. The van der Waals surface area contributed by atoms with E-state index in [9.17, 15) is 4.79 Å². The number of nitrogens with zero attached hydrogens (tertiary/aromatic N) is 2. The van der Waals surface area contributed by atoms with Crippen LogP contribution in [0.25, 0.3) is 10.6 Å². The van der Waals surface area contributed by atoms with Crippen molar-refractivity contribution >= 4 is 34.4 Å². The third-order valence-electron chi connectivity index (χ3n) is 5.24. The molecule has 0 bridgehead atoms. The van der Waals surface area contributed by atoms with E-state index in [1.807, 2.05) is 24.3 Å². The number of ether oxygens (including phenoxy) is 1. The average molecular weight is 427 g/mol. The maximum absolute atomic E-state index is 11.3. The Morgan fingerprint density at radius 3 is 2.77 bits per heavy atom. The van der Waals surface area contributed by atoms with E-state index in [0.29, 0.717) is 10.9 Å². The van der Waals surface area contributed by atoms with Crippen LogP contribution < -0.4 is 21.1 Å². The molecule has 158 valence electrons. The number of carbonyl (C=O) groups is 1. The smallest absolute Gasteiger partial charge is 0.258 e. The van der Waals surface area contributed by atoms with Gasteiger partial charge in [0.25, 0.3) is 5.91 Å². The van der Waals surface area contributed by atoms with Crippen LogP contribution in [0.1, 0.15) is 22.5 Å². The SMILES string of the molecule is COc1cc(NC2CCN(C)CC2)ccc1Nc1cc(-c2ccc(C(N)=O)s2)n[nH]1. The van der Waals surface area contributed by atoms with E-state index < -0.39 is 5.91 Å². The molecule has 8 nitrogen and oxygen atoms in total. The van der Waals surface area contributed by atoms with Crippen molar-refractivity contribution in [2.24, 2.45) is 5.73 Å². The highest BCUT2D eigenvalue weighted by molar-refractivity contribution is 7.17. The molecule has 4 rings (SSSR count). The highest BCUT2D eigenvalue weighted by Gasteiger charge is 2.17. The Morgan fingerprint density at radius 2 is 2.07 bits per heavy atom. The number of hydrogen-bond acceptors (Lipinski definition) is 7. The van der Waals surface area contributed by atoms with Crippen LogP contribution in [0.2, 0.25) is 0 Å². The van der Waals surface area contributed by atoms with Gasteiger partial charge in [0.05, 0.1) is 22.6 Å². The molecule has 9 heteroatoms. The minimum atomic E-state index is -0.432. The van der Waals surface area contributed by atoms with Crippen LogP contribution in [0, 0.1) is 0 Å². The number of aromatic amines is 1. The highest BCUT2D eigenvalue weighted by Crippen LogP contribution is 2.33. The van der Waals surface area contributed by atoms with E-state index in [1.54, 1.807) is 13.2 Å². The van der Waals surface area contributed by atoms with Gasteiger partial charge in [0.1, 0.15) is 17.3 Å². The Morgan fingerprint density at radius 1 is 1.27 bits per heavy atom. The number of aromatic nitrogens is 2. The van der Waals surface area contributed by atoms with Crippen LogP contribution >= 0.6 is 11.3 Å². The maximum Gasteiger partial charge on any atom is 0.258 e. The Kier molecular flexibility index (Phi) is 5.91. The van der Waals surface area contributed by atoms with E-state index in [0.717, 1.165) is 59.4 Å². The lowest BCUT2D eigenvalue weighted by molar-refractivity contribution is 0.100. The molecule has 30 heavy (non-hydrogen) atoms. The molecule has 1 saturated heterocycles. The number of likely N-dealkylation sites (tertiary alicyclic amines) is 1. The molecule has 1 aliphatic heterocycles. The molecule has 0 spiro atoms. The zero-order valence-corrected chi connectivity index (χ0v) is 17.9.